The minimum Gasteiger partial charge on any atom is -0.444 e. The second kappa shape index (κ2) is 7.30. The molecule has 1 N–H and O–H groups in total. The molecule has 2 aliphatic rings. The van der Waals surface area contributed by atoms with Gasteiger partial charge in [-0.15, -0.1) is 0 Å². The summed E-state index contributed by atoms with van der Waals surface area (Å²) in [4.78, 5) is 14.1. The van der Waals surface area contributed by atoms with Crippen molar-refractivity contribution in [2.75, 3.05) is 19.6 Å². The van der Waals surface area contributed by atoms with E-state index >= 15 is 0 Å². The van der Waals surface area contributed by atoms with E-state index in [1.807, 2.05) is 25.7 Å². The number of rotatable bonds is 5. The third-order valence-electron chi connectivity index (χ3n) is 4.14. The normalized spacial score (nSPS) is 22.5. The fraction of sp³-hybridized carbons (Fsp3) is 0.824. The van der Waals surface area contributed by atoms with Gasteiger partial charge in [0.1, 0.15) is 5.60 Å². The van der Waals surface area contributed by atoms with Crippen molar-refractivity contribution in [3.05, 3.63) is 11.6 Å². The number of amides is 1. The van der Waals surface area contributed by atoms with Gasteiger partial charge in [-0.1, -0.05) is 11.6 Å². The molecule has 120 valence electrons. The van der Waals surface area contributed by atoms with E-state index in [0.29, 0.717) is 0 Å². The van der Waals surface area contributed by atoms with Crippen molar-refractivity contribution in [2.45, 2.75) is 70.9 Å². The Morgan fingerprint density at radius 1 is 1.43 bits per heavy atom. The largest absolute Gasteiger partial charge is 0.444 e. The van der Waals surface area contributed by atoms with Crippen LogP contribution in [-0.2, 0) is 4.74 Å². The minimum absolute atomic E-state index is 0.162. The van der Waals surface area contributed by atoms with Crippen molar-refractivity contribution in [1.29, 1.82) is 0 Å². The molecule has 2 rings (SSSR count). The highest BCUT2D eigenvalue weighted by atomic mass is 16.6. The van der Waals surface area contributed by atoms with Crippen molar-refractivity contribution in [1.82, 2.24) is 10.2 Å². The number of hydrogen-bond donors (Lipinski definition) is 1. The van der Waals surface area contributed by atoms with Gasteiger partial charge in [-0.25, -0.2) is 4.79 Å². The van der Waals surface area contributed by atoms with E-state index in [0.717, 1.165) is 38.9 Å². The number of nitrogens with one attached hydrogen (secondary N) is 1. The van der Waals surface area contributed by atoms with Crippen molar-refractivity contribution in [3.63, 3.8) is 0 Å². The van der Waals surface area contributed by atoms with Crippen LogP contribution in [0, 0.1) is 0 Å². The van der Waals surface area contributed by atoms with E-state index in [9.17, 15) is 4.79 Å². The summed E-state index contributed by atoms with van der Waals surface area (Å²) in [6.07, 6.45) is 9.38. The van der Waals surface area contributed by atoms with E-state index in [1.54, 1.807) is 5.57 Å². The van der Waals surface area contributed by atoms with E-state index in [4.69, 9.17) is 4.74 Å². The molecule has 0 aromatic heterocycles. The maximum Gasteiger partial charge on any atom is 0.410 e. The molecule has 1 fully saturated rings. The molecule has 0 saturated carbocycles. The van der Waals surface area contributed by atoms with Gasteiger partial charge < -0.3 is 15.0 Å². The second-order valence-electron chi connectivity index (χ2n) is 7.18. The van der Waals surface area contributed by atoms with Gasteiger partial charge in [-0.3, -0.25) is 0 Å². The number of carbonyl (C=O) groups excluding carboxylic acids is 1. The molecule has 1 saturated heterocycles. The number of likely N-dealkylation sites (tertiary alicyclic amines) is 1. The maximum absolute atomic E-state index is 12.2. The highest BCUT2D eigenvalue weighted by Gasteiger charge is 2.31. The Balaban J connectivity index is 1.70. The lowest BCUT2D eigenvalue weighted by molar-refractivity contribution is 0.0227. The maximum atomic E-state index is 12.2. The number of hydrogen-bond acceptors (Lipinski definition) is 3. The lowest BCUT2D eigenvalue weighted by Gasteiger charge is -2.28. The summed E-state index contributed by atoms with van der Waals surface area (Å²) in [5.41, 5.74) is 1.19. The zero-order valence-corrected chi connectivity index (χ0v) is 13.8. The van der Waals surface area contributed by atoms with Crippen LogP contribution >= 0.6 is 0 Å². The van der Waals surface area contributed by atoms with Crippen LogP contribution in [0.4, 0.5) is 4.79 Å². The molecule has 1 unspecified atom stereocenters. The molecule has 0 bridgehead atoms. The van der Waals surface area contributed by atoms with E-state index in [-0.39, 0.29) is 12.1 Å². The number of ether oxygens (including phenoxy) is 1. The average molecular weight is 294 g/mol. The molecular formula is C17H30N2O2. The van der Waals surface area contributed by atoms with Gasteiger partial charge in [0.15, 0.2) is 0 Å². The Morgan fingerprint density at radius 2 is 2.24 bits per heavy atom. The first-order valence-corrected chi connectivity index (χ1v) is 8.34. The lowest BCUT2D eigenvalue weighted by atomic mass is 10.1. The molecule has 4 nitrogen and oxygen atoms in total. The third-order valence-corrected chi connectivity index (χ3v) is 4.14. The van der Waals surface area contributed by atoms with Crippen LogP contribution in [-0.4, -0.2) is 42.3 Å². The van der Waals surface area contributed by atoms with E-state index < -0.39 is 5.60 Å². The van der Waals surface area contributed by atoms with Crippen molar-refractivity contribution in [3.8, 4) is 0 Å². The summed E-state index contributed by atoms with van der Waals surface area (Å²) in [7, 11) is 0. The zero-order valence-electron chi connectivity index (χ0n) is 13.8. The van der Waals surface area contributed by atoms with Crippen LogP contribution in [0.3, 0.4) is 0 Å². The molecule has 1 aliphatic heterocycles. The van der Waals surface area contributed by atoms with E-state index in [2.05, 4.69) is 11.4 Å². The molecule has 4 heteroatoms. The Kier molecular flexibility index (Phi) is 5.68. The molecule has 0 spiro atoms. The lowest BCUT2D eigenvalue weighted by Crippen LogP contribution is -2.44. The van der Waals surface area contributed by atoms with Gasteiger partial charge >= 0.3 is 6.09 Å². The van der Waals surface area contributed by atoms with Gasteiger partial charge in [0.2, 0.25) is 0 Å². The van der Waals surface area contributed by atoms with Crippen LogP contribution in [0.1, 0.15) is 59.3 Å². The Morgan fingerprint density at radius 3 is 2.90 bits per heavy atom. The molecule has 0 radical (unpaired) electrons. The van der Waals surface area contributed by atoms with Gasteiger partial charge in [-0.2, -0.15) is 0 Å². The monoisotopic (exact) mass is 294 g/mol. The Bertz CT molecular complexity index is 385. The predicted molar refractivity (Wildman–Crippen MR) is 85.4 cm³/mol. The first kappa shape index (κ1) is 16.3. The number of nitrogens with zero attached hydrogens (tertiary/aromatic N) is 1. The van der Waals surface area contributed by atoms with Crippen LogP contribution in [0.5, 0.6) is 0 Å². The number of carbonyl (C=O) groups is 1. The van der Waals surface area contributed by atoms with Crippen LogP contribution in [0.15, 0.2) is 11.6 Å². The van der Waals surface area contributed by atoms with E-state index in [1.165, 1.54) is 19.3 Å². The molecule has 1 amide bonds. The fourth-order valence-electron chi connectivity index (χ4n) is 3.09. The highest BCUT2D eigenvalue weighted by molar-refractivity contribution is 5.69. The molecule has 21 heavy (non-hydrogen) atoms. The standard InChI is InChI=1S/C17H30N2O2/c1-17(2,3)21-16(20)19-12-6-9-15(19)13-18-11-10-14-7-4-5-8-14/h7,15,18H,4-6,8-13H2,1-3H3. The Hall–Kier alpha value is -1.03. The summed E-state index contributed by atoms with van der Waals surface area (Å²) < 4.78 is 5.49. The summed E-state index contributed by atoms with van der Waals surface area (Å²) in [6, 6.07) is 0.289. The van der Waals surface area contributed by atoms with Crippen LogP contribution in [0.25, 0.3) is 0 Å². The molecule has 1 atom stereocenters. The predicted octanol–water partition coefficient (Wildman–Crippen LogP) is 3.48. The zero-order chi connectivity index (χ0) is 15.3. The minimum atomic E-state index is -0.410. The summed E-state index contributed by atoms with van der Waals surface area (Å²) >= 11 is 0. The summed E-state index contributed by atoms with van der Waals surface area (Å²) in [5, 5.41) is 3.51. The molecular weight excluding hydrogens is 264 g/mol. The molecule has 0 aromatic rings. The Labute approximate surface area is 128 Å². The highest BCUT2D eigenvalue weighted by Crippen LogP contribution is 2.21. The molecule has 1 aliphatic carbocycles. The smallest absolute Gasteiger partial charge is 0.410 e. The van der Waals surface area contributed by atoms with Gasteiger partial charge in [0.05, 0.1) is 0 Å². The van der Waals surface area contributed by atoms with Gasteiger partial charge in [0.25, 0.3) is 0 Å². The fourth-order valence-corrected chi connectivity index (χ4v) is 3.09. The van der Waals surface area contributed by atoms with Crippen molar-refractivity contribution >= 4 is 6.09 Å². The quantitative estimate of drug-likeness (QED) is 0.623. The van der Waals surface area contributed by atoms with Crippen molar-refractivity contribution in [2.24, 2.45) is 0 Å². The van der Waals surface area contributed by atoms with Crippen LogP contribution < -0.4 is 5.32 Å². The summed E-state index contributed by atoms with van der Waals surface area (Å²) in [6.45, 7) is 8.49. The van der Waals surface area contributed by atoms with Gasteiger partial charge in [-0.05, 0) is 65.8 Å². The first-order valence-electron chi connectivity index (χ1n) is 8.34. The molecule has 1 heterocycles. The van der Waals surface area contributed by atoms with Crippen molar-refractivity contribution < 1.29 is 9.53 Å². The first-order chi connectivity index (χ1) is 9.96. The average Bonchev–Trinajstić information content (AvgIpc) is 3.04. The summed E-state index contributed by atoms with van der Waals surface area (Å²) in [5.74, 6) is 0. The molecule has 0 aromatic carbocycles. The van der Waals surface area contributed by atoms with Gasteiger partial charge in [0, 0.05) is 19.1 Å². The number of allylic oxidation sites excluding steroid dienone is 1. The SMILES string of the molecule is CC(C)(C)OC(=O)N1CCCC1CNCCC1=CCCC1. The van der Waals surface area contributed by atoms with Crippen LogP contribution in [0.2, 0.25) is 0 Å². The third kappa shape index (κ3) is 5.34. The topological polar surface area (TPSA) is 41.6 Å². The second-order valence-corrected chi connectivity index (χ2v) is 7.18.